The van der Waals surface area contributed by atoms with Crippen LogP contribution in [0, 0.1) is 5.92 Å². The molecule has 6 heteroatoms. The summed E-state index contributed by atoms with van der Waals surface area (Å²) in [5.41, 5.74) is 1.02. The lowest BCUT2D eigenvalue weighted by atomic mass is 9.95. The Morgan fingerprint density at radius 2 is 1.88 bits per heavy atom. The number of carbonyl (C=O) groups excluding carboxylic acids is 2. The van der Waals surface area contributed by atoms with Gasteiger partial charge < -0.3 is 14.9 Å². The van der Waals surface area contributed by atoms with Crippen molar-refractivity contribution in [3.05, 3.63) is 48.6 Å². The molecule has 1 fully saturated rings. The molecule has 0 aromatic heterocycles. The van der Waals surface area contributed by atoms with Crippen molar-refractivity contribution in [3.63, 3.8) is 0 Å². The number of likely N-dealkylation sites (tertiary alicyclic amines) is 1. The molecule has 1 atom stereocenters. The van der Waals surface area contributed by atoms with Crippen molar-refractivity contribution in [2.75, 3.05) is 26.7 Å². The Bertz CT molecular complexity index is 651. The molecular weight excluding hydrogens is 332 g/mol. The average Bonchev–Trinajstić information content (AvgIpc) is 2.66. The van der Waals surface area contributed by atoms with Crippen LogP contribution < -0.4 is 0 Å². The summed E-state index contributed by atoms with van der Waals surface area (Å²) in [5, 5.41) is 9.02. The van der Waals surface area contributed by atoms with E-state index < -0.39 is 5.97 Å². The number of piperidine rings is 1. The van der Waals surface area contributed by atoms with Crippen LogP contribution in [0.4, 0.5) is 0 Å². The first-order chi connectivity index (χ1) is 12.4. The van der Waals surface area contributed by atoms with Crippen molar-refractivity contribution in [2.45, 2.75) is 25.2 Å². The van der Waals surface area contributed by atoms with Crippen LogP contribution in [0.5, 0.6) is 0 Å². The van der Waals surface area contributed by atoms with E-state index in [1.807, 2.05) is 30.3 Å². The number of hydrogen-bond donors (Lipinski definition) is 1. The molecule has 0 bridgehead atoms. The SMILES string of the molecule is C=CC(CC(=O)N(C)CC(=O)N1CCC(C(=O)O)CC1)c1ccccc1. The van der Waals surface area contributed by atoms with Crippen LogP contribution in [-0.2, 0) is 14.4 Å². The Balaban J connectivity index is 1.85. The lowest BCUT2D eigenvalue weighted by Crippen LogP contribution is -2.45. The number of carbonyl (C=O) groups is 3. The zero-order chi connectivity index (χ0) is 19.1. The molecule has 1 N–H and O–H groups in total. The third-order valence-corrected chi connectivity index (χ3v) is 4.90. The standard InChI is InChI=1S/C20H26N2O4/c1-3-15(16-7-5-4-6-8-16)13-18(23)21(2)14-19(24)22-11-9-17(10-12-22)20(25)26/h3-8,15,17H,1,9-14H2,2H3,(H,25,26). The van der Waals surface area contributed by atoms with Crippen LogP contribution in [0.1, 0.15) is 30.7 Å². The van der Waals surface area contributed by atoms with E-state index in [9.17, 15) is 14.4 Å². The molecule has 1 saturated heterocycles. The highest BCUT2D eigenvalue weighted by Gasteiger charge is 2.28. The van der Waals surface area contributed by atoms with Crippen LogP contribution >= 0.6 is 0 Å². The molecule has 1 aliphatic rings. The first kappa shape index (κ1) is 19.7. The van der Waals surface area contributed by atoms with Crippen LogP contribution in [-0.4, -0.2) is 59.4 Å². The summed E-state index contributed by atoms with van der Waals surface area (Å²) >= 11 is 0. The summed E-state index contributed by atoms with van der Waals surface area (Å²) in [6.07, 6.45) is 2.94. The van der Waals surface area contributed by atoms with E-state index in [0.29, 0.717) is 25.9 Å². The zero-order valence-corrected chi connectivity index (χ0v) is 15.1. The van der Waals surface area contributed by atoms with Gasteiger partial charge in [0.25, 0.3) is 0 Å². The third-order valence-electron chi connectivity index (χ3n) is 4.90. The van der Waals surface area contributed by atoms with E-state index in [4.69, 9.17) is 5.11 Å². The van der Waals surface area contributed by atoms with Gasteiger partial charge in [0.2, 0.25) is 11.8 Å². The number of hydrogen-bond acceptors (Lipinski definition) is 3. The number of carboxylic acid groups (broad SMARTS) is 1. The van der Waals surface area contributed by atoms with Gasteiger partial charge in [0.15, 0.2) is 0 Å². The quantitative estimate of drug-likeness (QED) is 0.758. The number of rotatable bonds is 7. The summed E-state index contributed by atoms with van der Waals surface area (Å²) in [4.78, 5) is 38.9. The minimum absolute atomic E-state index is 0.00915. The fourth-order valence-corrected chi connectivity index (χ4v) is 3.15. The second-order valence-corrected chi connectivity index (χ2v) is 6.70. The molecule has 0 spiro atoms. The second-order valence-electron chi connectivity index (χ2n) is 6.70. The monoisotopic (exact) mass is 358 g/mol. The molecule has 26 heavy (non-hydrogen) atoms. The predicted octanol–water partition coefficient (Wildman–Crippen LogP) is 2.13. The van der Waals surface area contributed by atoms with Crippen LogP contribution in [0.25, 0.3) is 0 Å². The molecule has 0 radical (unpaired) electrons. The summed E-state index contributed by atoms with van der Waals surface area (Å²) < 4.78 is 0. The van der Waals surface area contributed by atoms with Gasteiger partial charge in [-0.15, -0.1) is 6.58 Å². The number of aliphatic carboxylic acids is 1. The topological polar surface area (TPSA) is 77.9 Å². The smallest absolute Gasteiger partial charge is 0.306 e. The normalized spacial score (nSPS) is 16.0. The van der Waals surface area contributed by atoms with Crippen molar-refractivity contribution in [1.82, 2.24) is 9.80 Å². The fraction of sp³-hybridized carbons (Fsp3) is 0.450. The van der Waals surface area contributed by atoms with E-state index in [1.54, 1.807) is 18.0 Å². The van der Waals surface area contributed by atoms with Crippen LogP contribution in [0.2, 0.25) is 0 Å². The molecule has 1 aliphatic heterocycles. The van der Waals surface area contributed by atoms with E-state index in [2.05, 4.69) is 6.58 Å². The number of amides is 2. The molecule has 1 aromatic rings. The van der Waals surface area contributed by atoms with Gasteiger partial charge in [-0.3, -0.25) is 14.4 Å². The molecule has 1 aromatic carbocycles. The molecule has 2 rings (SSSR count). The van der Waals surface area contributed by atoms with Crippen LogP contribution in [0.3, 0.4) is 0 Å². The van der Waals surface area contributed by atoms with Gasteiger partial charge in [0, 0.05) is 32.5 Å². The molecule has 0 saturated carbocycles. The highest BCUT2D eigenvalue weighted by atomic mass is 16.4. The fourth-order valence-electron chi connectivity index (χ4n) is 3.15. The Hall–Kier alpha value is -2.63. The number of allylic oxidation sites excluding steroid dienone is 1. The van der Waals surface area contributed by atoms with E-state index >= 15 is 0 Å². The molecule has 1 unspecified atom stereocenters. The summed E-state index contributed by atoms with van der Waals surface area (Å²) in [7, 11) is 1.62. The number of nitrogens with zero attached hydrogens (tertiary/aromatic N) is 2. The lowest BCUT2D eigenvalue weighted by Gasteiger charge is -2.31. The van der Waals surface area contributed by atoms with E-state index in [0.717, 1.165) is 5.56 Å². The number of likely N-dealkylation sites (N-methyl/N-ethyl adjacent to an activating group) is 1. The van der Waals surface area contributed by atoms with Gasteiger partial charge >= 0.3 is 5.97 Å². The minimum atomic E-state index is -0.805. The van der Waals surface area contributed by atoms with Gasteiger partial charge in [0.1, 0.15) is 0 Å². The highest BCUT2D eigenvalue weighted by molar-refractivity contribution is 5.85. The molecule has 0 aliphatic carbocycles. The molecular formula is C20H26N2O4. The van der Waals surface area contributed by atoms with Gasteiger partial charge in [-0.25, -0.2) is 0 Å². The maximum absolute atomic E-state index is 12.5. The Morgan fingerprint density at radius 1 is 1.27 bits per heavy atom. The summed E-state index contributed by atoms with van der Waals surface area (Å²) in [5.74, 6) is -1.53. The maximum Gasteiger partial charge on any atom is 0.306 e. The minimum Gasteiger partial charge on any atom is -0.481 e. The van der Waals surface area contributed by atoms with Crippen molar-refractivity contribution < 1.29 is 19.5 Å². The zero-order valence-electron chi connectivity index (χ0n) is 15.1. The van der Waals surface area contributed by atoms with Crippen molar-refractivity contribution in [1.29, 1.82) is 0 Å². The summed E-state index contributed by atoms with van der Waals surface area (Å²) in [6, 6.07) is 9.67. The number of benzene rings is 1. The molecule has 6 nitrogen and oxygen atoms in total. The predicted molar refractivity (Wildman–Crippen MR) is 98.6 cm³/mol. The molecule has 2 amide bonds. The van der Waals surface area contributed by atoms with E-state index in [1.165, 1.54) is 4.90 Å². The highest BCUT2D eigenvalue weighted by Crippen LogP contribution is 2.21. The number of carboxylic acids is 1. The van der Waals surface area contributed by atoms with Gasteiger partial charge in [-0.05, 0) is 18.4 Å². The maximum atomic E-state index is 12.5. The van der Waals surface area contributed by atoms with Crippen molar-refractivity contribution in [3.8, 4) is 0 Å². The first-order valence-corrected chi connectivity index (χ1v) is 8.84. The van der Waals surface area contributed by atoms with E-state index in [-0.39, 0.29) is 36.6 Å². The molecule has 1 heterocycles. The Labute approximate surface area is 154 Å². The summed E-state index contributed by atoms with van der Waals surface area (Å²) in [6.45, 7) is 4.68. The second kappa shape index (κ2) is 9.17. The van der Waals surface area contributed by atoms with Crippen molar-refractivity contribution >= 4 is 17.8 Å². The lowest BCUT2D eigenvalue weighted by molar-refractivity contribution is -0.146. The van der Waals surface area contributed by atoms with Gasteiger partial charge in [0.05, 0.1) is 12.5 Å². The van der Waals surface area contributed by atoms with Gasteiger partial charge in [-0.2, -0.15) is 0 Å². The van der Waals surface area contributed by atoms with Gasteiger partial charge in [-0.1, -0.05) is 36.4 Å². The van der Waals surface area contributed by atoms with Crippen LogP contribution in [0.15, 0.2) is 43.0 Å². The Morgan fingerprint density at radius 3 is 2.42 bits per heavy atom. The average molecular weight is 358 g/mol. The first-order valence-electron chi connectivity index (χ1n) is 8.84. The third kappa shape index (κ3) is 5.18. The molecule has 140 valence electrons. The largest absolute Gasteiger partial charge is 0.481 e. The Kier molecular flexibility index (Phi) is 6.95. The van der Waals surface area contributed by atoms with Crippen molar-refractivity contribution in [2.24, 2.45) is 5.92 Å².